The average molecular weight is 700 g/mol. The molecule has 0 radical (unpaired) electrons. The van der Waals surface area contributed by atoms with Gasteiger partial charge < -0.3 is 15.1 Å². The van der Waals surface area contributed by atoms with E-state index in [0.29, 0.717) is 17.5 Å². The number of hydrogen-bond donors (Lipinski definition) is 1. The van der Waals surface area contributed by atoms with Crippen LogP contribution >= 0.6 is 35.0 Å². The Hall–Kier alpha value is -2.35. The lowest BCUT2D eigenvalue weighted by Gasteiger charge is -2.47. The molecule has 2 amide bonds. The number of thioether (sulfide) groups is 1. The summed E-state index contributed by atoms with van der Waals surface area (Å²) in [5.74, 6) is -4.92. The van der Waals surface area contributed by atoms with Crippen LogP contribution in [0.1, 0.15) is 41.6 Å². The molecule has 15 heteroatoms. The number of halogens is 8. The van der Waals surface area contributed by atoms with Gasteiger partial charge in [-0.2, -0.15) is 24.9 Å². The molecule has 2 aromatic rings. The third-order valence-electron chi connectivity index (χ3n) is 8.11. The van der Waals surface area contributed by atoms with Gasteiger partial charge in [-0.25, -0.2) is 13.2 Å². The molecular weight excluding hydrogens is 665 g/mol. The second-order valence-electron chi connectivity index (χ2n) is 11.5. The summed E-state index contributed by atoms with van der Waals surface area (Å²) in [5.41, 5.74) is 0.715. The number of anilines is 1. The van der Waals surface area contributed by atoms with E-state index < -0.39 is 42.8 Å². The molecule has 2 aromatic carbocycles. The van der Waals surface area contributed by atoms with Crippen molar-refractivity contribution >= 4 is 52.5 Å². The van der Waals surface area contributed by atoms with Crippen LogP contribution in [0.15, 0.2) is 36.4 Å². The van der Waals surface area contributed by atoms with E-state index >= 15 is 0 Å². The van der Waals surface area contributed by atoms with Gasteiger partial charge in [0.05, 0.1) is 46.4 Å². The topological polar surface area (TPSA) is 55.9 Å². The Kier molecular flexibility index (Phi) is 11.5. The number of likely N-dealkylation sites (tertiary alicyclic amines) is 3. The number of amides is 2. The number of rotatable bonds is 7. The summed E-state index contributed by atoms with van der Waals surface area (Å²) in [7, 11) is 0. The van der Waals surface area contributed by atoms with Crippen LogP contribution in [0.4, 0.5) is 32.0 Å². The fourth-order valence-electron chi connectivity index (χ4n) is 5.47. The normalized spacial score (nSPS) is 19.6. The maximum Gasteiger partial charge on any atom is 0.395 e. The summed E-state index contributed by atoms with van der Waals surface area (Å²) in [6.07, 6.45) is -0.404. The third-order valence-corrected chi connectivity index (χ3v) is 9.24. The van der Waals surface area contributed by atoms with Gasteiger partial charge in [-0.05, 0) is 55.9 Å². The number of nitrogens with zero attached hydrogens (tertiary/aromatic N) is 3. The van der Waals surface area contributed by atoms with Crippen molar-refractivity contribution in [3.8, 4) is 0 Å². The van der Waals surface area contributed by atoms with Crippen LogP contribution in [-0.2, 0) is 4.79 Å². The van der Waals surface area contributed by atoms with Crippen molar-refractivity contribution in [3.05, 3.63) is 63.4 Å². The lowest BCUT2D eigenvalue weighted by Crippen LogP contribution is -2.60. The molecule has 1 N–H and O–H groups in total. The first-order valence-electron chi connectivity index (χ1n) is 14.3. The van der Waals surface area contributed by atoms with Gasteiger partial charge >= 0.3 is 6.18 Å². The van der Waals surface area contributed by atoms with Gasteiger partial charge in [-0.3, -0.25) is 14.5 Å². The number of piperidine rings is 1. The van der Waals surface area contributed by atoms with E-state index in [9.17, 15) is 35.9 Å². The molecule has 45 heavy (non-hydrogen) atoms. The van der Waals surface area contributed by atoms with E-state index in [2.05, 4.69) is 10.2 Å². The van der Waals surface area contributed by atoms with Crippen LogP contribution < -0.4 is 5.32 Å². The van der Waals surface area contributed by atoms with Crippen molar-refractivity contribution in [2.45, 2.75) is 49.9 Å². The highest BCUT2D eigenvalue weighted by atomic mass is 35.5. The lowest BCUT2D eigenvalue weighted by molar-refractivity contribution is -0.146. The number of nitrogens with one attached hydrogen (secondary N) is 1. The van der Waals surface area contributed by atoms with Crippen LogP contribution in [0.25, 0.3) is 0 Å². The SMILES string of the molecule is CC(c1cccc(F)c1)C(F)(F)F.CSCC(=O)N1CCC(N2CC(Nc3cc(Cl)c(C(=O)N4CC(F)(F)C4)c(Cl)c3)C2)CC1. The molecule has 6 nitrogen and oxygen atoms in total. The first-order chi connectivity index (χ1) is 21.1. The molecule has 0 bridgehead atoms. The van der Waals surface area contributed by atoms with Crippen LogP contribution in [0.5, 0.6) is 0 Å². The van der Waals surface area contributed by atoms with Crippen molar-refractivity contribution in [2.75, 3.05) is 56.6 Å². The molecule has 3 heterocycles. The van der Waals surface area contributed by atoms with Crippen LogP contribution in [0.3, 0.4) is 0 Å². The van der Waals surface area contributed by atoms with Crippen molar-refractivity contribution in [1.29, 1.82) is 0 Å². The van der Waals surface area contributed by atoms with Gasteiger partial charge in [0.2, 0.25) is 5.91 Å². The zero-order valence-corrected chi connectivity index (χ0v) is 27.0. The highest BCUT2D eigenvalue weighted by molar-refractivity contribution is 7.99. The molecule has 5 rings (SSSR count). The maximum atomic E-state index is 13.1. The molecule has 0 spiro atoms. The first kappa shape index (κ1) is 35.5. The number of carbonyl (C=O) groups excluding carboxylic acids is 2. The van der Waals surface area contributed by atoms with Gasteiger partial charge in [-0.15, -0.1) is 0 Å². The second-order valence-corrected chi connectivity index (χ2v) is 13.2. The van der Waals surface area contributed by atoms with E-state index in [0.717, 1.165) is 63.0 Å². The standard InChI is InChI=1S/C21H26Cl2F2N4O2S.C9H8F4/c1-32-10-18(30)27-4-2-15(3-5-27)28-8-14(9-28)26-13-6-16(22)19(17(23)7-13)20(31)29-11-21(24,25)12-29;1-6(9(11,12)13)7-3-2-4-8(10)5-7/h6-7,14-15,26H,2-5,8-12H2,1H3;2-6H,1H3. The minimum absolute atomic E-state index is 0.0486. The van der Waals surface area contributed by atoms with Gasteiger partial charge in [-0.1, -0.05) is 35.3 Å². The Bertz CT molecular complexity index is 1340. The van der Waals surface area contributed by atoms with Crippen molar-refractivity contribution in [1.82, 2.24) is 14.7 Å². The summed E-state index contributed by atoms with van der Waals surface area (Å²) in [5, 5.41) is 3.69. The van der Waals surface area contributed by atoms with Gasteiger partial charge in [0.1, 0.15) is 5.82 Å². The number of carbonyl (C=O) groups is 2. The van der Waals surface area contributed by atoms with E-state index in [1.807, 2.05) is 11.2 Å². The molecular formula is C30H34Cl2F6N4O2S. The summed E-state index contributed by atoms with van der Waals surface area (Å²) >= 11 is 14.1. The highest BCUT2D eigenvalue weighted by Gasteiger charge is 2.47. The zero-order chi connectivity index (χ0) is 33.1. The number of benzene rings is 2. The van der Waals surface area contributed by atoms with Crippen LogP contribution in [0, 0.1) is 5.82 Å². The van der Waals surface area contributed by atoms with E-state index in [1.165, 1.54) is 12.1 Å². The Balaban J connectivity index is 0.000000297. The molecule has 3 fully saturated rings. The molecule has 1 atom stereocenters. The molecule has 0 aromatic heterocycles. The minimum atomic E-state index is -4.31. The molecule has 3 aliphatic rings. The van der Waals surface area contributed by atoms with Gasteiger partial charge in [0.25, 0.3) is 11.8 Å². The van der Waals surface area contributed by atoms with Gasteiger partial charge in [0.15, 0.2) is 0 Å². The predicted molar refractivity (Wildman–Crippen MR) is 165 cm³/mol. The van der Waals surface area contributed by atoms with Gasteiger partial charge in [0, 0.05) is 37.9 Å². The van der Waals surface area contributed by atoms with Crippen molar-refractivity contribution in [3.63, 3.8) is 0 Å². The minimum Gasteiger partial charge on any atom is -0.380 e. The average Bonchev–Trinajstić information content (AvgIpc) is 2.92. The van der Waals surface area contributed by atoms with Crippen molar-refractivity contribution < 1.29 is 35.9 Å². The molecule has 3 saturated heterocycles. The number of hydrogen-bond acceptors (Lipinski definition) is 5. The molecule has 0 saturated carbocycles. The quantitative estimate of drug-likeness (QED) is 0.315. The third kappa shape index (κ3) is 9.14. The molecule has 0 aliphatic carbocycles. The molecule has 248 valence electrons. The Morgan fingerprint density at radius 2 is 1.64 bits per heavy atom. The highest BCUT2D eigenvalue weighted by Crippen LogP contribution is 2.36. The summed E-state index contributed by atoms with van der Waals surface area (Å²) in [6, 6.07) is 8.51. The molecule has 1 unspecified atom stereocenters. The fourth-order valence-corrected chi connectivity index (χ4v) is 6.55. The fraction of sp³-hybridized carbons (Fsp3) is 0.533. The largest absolute Gasteiger partial charge is 0.395 e. The predicted octanol–water partition coefficient (Wildman–Crippen LogP) is 7.03. The Morgan fingerprint density at radius 3 is 2.16 bits per heavy atom. The van der Waals surface area contributed by atoms with E-state index in [1.54, 1.807) is 23.9 Å². The van der Waals surface area contributed by atoms with E-state index in [4.69, 9.17) is 23.2 Å². The smallest absolute Gasteiger partial charge is 0.380 e. The van der Waals surface area contributed by atoms with Crippen LogP contribution in [0.2, 0.25) is 10.0 Å². The Labute approximate surface area is 272 Å². The molecule has 3 aliphatic heterocycles. The maximum absolute atomic E-state index is 13.1. The zero-order valence-electron chi connectivity index (χ0n) is 24.7. The monoisotopic (exact) mass is 698 g/mol. The summed E-state index contributed by atoms with van der Waals surface area (Å²) in [4.78, 5) is 29.9. The first-order valence-corrected chi connectivity index (χ1v) is 16.5. The Morgan fingerprint density at radius 1 is 1.04 bits per heavy atom. The number of alkyl halides is 5. The van der Waals surface area contributed by atoms with Crippen LogP contribution in [-0.4, -0.2) is 102 Å². The second kappa shape index (κ2) is 14.6. The lowest BCUT2D eigenvalue weighted by atomic mass is 9.97. The summed E-state index contributed by atoms with van der Waals surface area (Å²) in [6.45, 7) is 3.16. The summed E-state index contributed by atoms with van der Waals surface area (Å²) < 4.78 is 75.1. The van der Waals surface area contributed by atoms with E-state index in [-0.39, 0.29) is 33.1 Å². The van der Waals surface area contributed by atoms with Crippen molar-refractivity contribution in [2.24, 2.45) is 0 Å².